The minimum atomic E-state index is -4.29. The molecule has 0 aliphatic heterocycles. The Morgan fingerprint density at radius 2 is 1.72 bits per heavy atom. The summed E-state index contributed by atoms with van der Waals surface area (Å²) in [6.45, 7) is 1.71. The quantitative estimate of drug-likeness (QED) is 0.214. The molecule has 2 aromatic carbocycles. The molecule has 0 fully saturated rings. The van der Waals surface area contributed by atoms with E-state index in [2.05, 4.69) is 5.32 Å². The van der Waals surface area contributed by atoms with Crippen molar-refractivity contribution in [2.45, 2.75) is 38.5 Å². The van der Waals surface area contributed by atoms with E-state index in [-0.39, 0.29) is 58.0 Å². The molecule has 2 aromatic rings. The molecule has 0 radical (unpaired) electrons. The van der Waals surface area contributed by atoms with Gasteiger partial charge in [-0.3, -0.25) is 0 Å². The summed E-state index contributed by atoms with van der Waals surface area (Å²) < 4.78 is 80.0. The van der Waals surface area contributed by atoms with Gasteiger partial charge in [-0.1, -0.05) is 12.1 Å². The van der Waals surface area contributed by atoms with E-state index in [0.717, 1.165) is 12.1 Å². The molecule has 0 aromatic heterocycles. The highest BCUT2D eigenvalue weighted by Gasteiger charge is 2.26. The predicted octanol–water partition coefficient (Wildman–Crippen LogP) is 5.27. The molecule has 0 bridgehead atoms. The molecule has 2 N–H and O–H groups in total. The summed E-state index contributed by atoms with van der Waals surface area (Å²) in [6, 6.07) is 8.53. The van der Waals surface area contributed by atoms with E-state index in [1.807, 2.05) is 0 Å². The number of carbonyl (C=O) groups excluding carboxylic acids is 1. The highest BCUT2D eigenvalue weighted by atomic mass is 19.4. The Hall–Kier alpha value is -3.45. The zero-order chi connectivity index (χ0) is 28.8. The number of benzene rings is 2. The van der Waals surface area contributed by atoms with Crippen molar-refractivity contribution in [2.24, 2.45) is 0 Å². The van der Waals surface area contributed by atoms with Gasteiger partial charge in [0.05, 0.1) is 18.8 Å². The molecule has 13 heteroatoms. The van der Waals surface area contributed by atoms with Gasteiger partial charge in [0.2, 0.25) is 0 Å². The number of nitrogens with zero attached hydrogens (tertiary/aromatic N) is 1. The zero-order valence-corrected chi connectivity index (χ0v) is 21.3. The second-order valence-electron chi connectivity index (χ2n) is 8.35. The van der Waals surface area contributed by atoms with Gasteiger partial charge in [-0.2, -0.15) is 13.2 Å². The van der Waals surface area contributed by atoms with E-state index >= 15 is 0 Å². The van der Waals surface area contributed by atoms with Crippen LogP contribution in [0.25, 0.3) is 0 Å². The van der Waals surface area contributed by atoms with Gasteiger partial charge in [-0.15, -0.1) is 0 Å². The van der Waals surface area contributed by atoms with Crippen LogP contribution in [-0.2, 0) is 20.7 Å². The summed E-state index contributed by atoms with van der Waals surface area (Å²) in [6.07, 6.45) is -6.31. The summed E-state index contributed by atoms with van der Waals surface area (Å²) in [5, 5.41) is 11.5. The molecule has 2 rings (SSSR count). The standard InChI is InChI=1S/C26H31F5N2O6/c1-2-38-23(24(34)35)16-18-4-7-20(8-5-18)39-15-12-33(11-14-37-13-3-10-26(29,30)31)25(36)32-22-9-6-19(27)17-21(22)28/h4-9,17,23H,2-3,10-16H2,1H3,(H,32,36)(H,34,35). The molecule has 1 atom stereocenters. The number of carboxylic acid groups (broad SMARTS) is 1. The third kappa shape index (κ3) is 12.3. The first-order valence-electron chi connectivity index (χ1n) is 12.2. The van der Waals surface area contributed by atoms with Gasteiger partial charge < -0.3 is 29.5 Å². The minimum Gasteiger partial charge on any atom is -0.492 e. The number of halogens is 5. The van der Waals surface area contributed by atoms with E-state index in [4.69, 9.17) is 14.2 Å². The van der Waals surface area contributed by atoms with Crippen LogP contribution in [0, 0.1) is 11.6 Å². The molecular weight excluding hydrogens is 531 g/mol. The summed E-state index contributed by atoms with van der Waals surface area (Å²) in [5.41, 5.74) is 0.467. The number of alkyl halides is 3. The lowest BCUT2D eigenvalue weighted by Gasteiger charge is -2.23. The van der Waals surface area contributed by atoms with Crippen LogP contribution in [0.2, 0.25) is 0 Å². The number of hydrogen-bond acceptors (Lipinski definition) is 5. The first kappa shape index (κ1) is 31.8. The molecule has 0 spiro atoms. The van der Waals surface area contributed by atoms with Crippen molar-refractivity contribution < 1.29 is 50.9 Å². The van der Waals surface area contributed by atoms with Crippen molar-refractivity contribution in [3.63, 3.8) is 0 Å². The molecule has 0 aliphatic carbocycles. The number of carbonyl (C=O) groups is 2. The second-order valence-corrected chi connectivity index (χ2v) is 8.35. The van der Waals surface area contributed by atoms with Crippen LogP contribution in [0.15, 0.2) is 42.5 Å². The Labute approximate surface area is 222 Å². The van der Waals surface area contributed by atoms with Gasteiger partial charge in [0, 0.05) is 38.7 Å². The third-order valence-electron chi connectivity index (χ3n) is 5.33. The fourth-order valence-electron chi connectivity index (χ4n) is 3.38. The normalized spacial score (nSPS) is 12.2. The highest BCUT2D eigenvalue weighted by Crippen LogP contribution is 2.21. The maximum absolute atomic E-state index is 14.0. The smallest absolute Gasteiger partial charge is 0.389 e. The van der Waals surface area contributed by atoms with Crippen LogP contribution in [0.1, 0.15) is 25.3 Å². The molecule has 2 amide bonds. The Kier molecular flexibility index (Phi) is 12.9. The van der Waals surface area contributed by atoms with Gasteiger partial charge >= 0.3 is 18.2 Å². The first-order chi connectivity index (χ1) is 18.5. The highest BCUT2D eigenvalue weighted by molar-refractivity contribution is 5.89. The second kappa shape index (κ2) is 15.8. The van der Waals surface area contributed by atoms with Crippen molar-refractivity contribution in [3.8, 4) is 5.75 Å². The average molecular weight is 563 g/mol. The number of aliphatic carboxylic acids is 1. The van der Waals surface area contributed by atoms with Gasteiger partial charge in [0.25, 0.3) is 0 Å². The van der Waals surface area contributed by atoms with E-state index in [1.165, 1.54) is 4.90 Å². The number of hydrogen-bond donors (Lipinski definition) is 2. The van der Waals surface area contributed by atoms with Gasteiger partial charge in [-0.05, 0) is 43.2 Å². The number of urea groups is 1. The van der Waals surface area contributed by atoms with Crippen molar-refractivity contribution in [1.29, 1.82) is 0 Å². The number of carboxylic acids is 1. The summed E-state index contributed by atoms with van der Waals surface area (Å²) >= 11 is 0. The van der Waals surface area contributed by atoms with E-state index < -0.39 is 42.3 Å². The predicted molar refractivity (Wildman–Crippen MR) is 132 cm³/mol. The molecule has 0 saturated heterocycles. The minimum absolute atomic E-state index is 0.00341. The number of rotatable bonds is 16. The topological polar surface area (TPSA) is 97.3 Å². The first-order valence-corrected chi connectivity index (χ1v) is 12.2. The lowest BCUT2D eigenvalue weighted by Crippen LogP contribution is -2.40. The fourth-order valence-corrected chi connectivity index (χ4v) is 3.38. The van der Waals surface area contributed by atoms with Gasteiger partial charge in [0.15, 0.2) is 6.10 Å². The van der Waals surface area contributed by atoms with Crippen molar-refractivity contribution in [2.75, 3.05) is 44.8 Å². The molecule has 216 valence electrons. The molecule has 1 unspecified atom stereocenters. The number of amides is 2. The Bertz CT molecular complexity index is 1050. The SMILES string of the molecule is CCOC(Cc1ccc(OCCN(CCOCCCC(F)(F)F)C(=O)Nc2ccc(F)cc2F)cc1)C(=O)O. The molecule has 8 nitrogen and oxygen atoms in total. The molecular formula is C26H31F5N2O6. The Morgan fingerprint density at radius 1 is 1.03 bits per heavy atom. The fraction of sp³-hybridized carbons (Fsp3) is 0.462. The molecule has 0 saturated carbocycles. The van der Waals surface area contributed by atoms with E-state index in [0.29, 0.717) is 17.4 Å². The maximum atomic E-state index is 14.0. The van der Waals surface area contributed by atoms with Crippen LogP contribution < -0.4 is 10.1 Å². The van der Waals surface area contributed by atoms with Crippen LogP contribution in [0.3, 0.4) is 0 Å². The van der Waals surface area contributed by atoms with Gasteiger partial charge in [-0.25, -0.2) is 18.4 Å². The summed E-state index contributed by atoms with van der Waals surface area (Å²) in [7, 11) is 0. The molecule has 39 heavy (non-hydrogen) atoms. The Morgan fingerprint density at radius 3 is 2.33 bits per heavy atom. The maximum Gasteiger partial charge on any atom is 0.389 e. The lowest BCUT2D eigenvalue weighted by atomic mass is 10.1. The van der Waals surface area contributed by atoms with E-state index in [9.17, 15) is 36.6 Å². The van der Waals surface area contributed by atoms with Gasteiger partial charge in [0.1, 0.15) is 24.0 Å². The molecule has 0 heterocycles. The summed E-state index contributed by atoms with van der Waals surface area (Å²) in [5.74, 6) is -2.42. The molecule has 0 aliphatic rings. The van der Waals surface area contributed by atoms with E-state index in [1.54, 1.807) is 31.2 Å². The van der Waals surface area contributed by atoms with Crippen LogP contribution >= 0.6 is 0 Å². The zero-order valence-electron chi connectivity index (χ0n) is 21.3. The van der Waals surface area contributed by atoms with Crippen molar-refractivity contribution in [3.05, 3.63) is 59.7 Å². The van der Waals surface area contributed by atoms with Crippen LogP contribution in [0.4, 0.5) is 32.4 Å². The monoisotopic (exact) mass is 562 g/mol. The average Bonchev–Trinajstić information content (AvgIpc) is 2.86. The third-order valence-corrected chi connectivity index (χ3v) is 5.33. The number of anilines is 1. The number of ether oxygens (including phenoxy) is 3. The van der Waals surface area contributed by atoms with Crippen LogP contribution in [-0.4, -0.2) is 73.8 Å². The Balaban J connectivity index is 1.93. The van der Waals surface area contributed by atoms with Crippen LogP contribution in [0.5, 0.6) is 5.75 Å². The largest absolute Gasteiger partial charge is 0.492 e. The summed E-state index contributed by atoms with van der Waals surface area (Å²) in [4.78, 5) is 25.2. The number of nitrogens with one attached hydrogen (secondary N) is 1. The van der Waals surface area contributed by atoms with Crippen molar-refractivity contribution in [1.82, 2.24) is 4.90 Å². The lowest BCUT2D eigenvalue weighted by molar-refractivity contribution is -0.150. The van der Waals surface area contributed by atoms with Crippen molar-refractivity contribution >= 4 is 17.7 Å².